The minimum Gasteiger partial charge on any atom is -0.355 e. The van der Waals surface area contributed by atoms with Gasteiger partial charge in [-0.05, 0) is 25.0 Å². The van der Waals surface area contributed by atoms with Crippen LogP contribution in [0.25, 0.3) is 11.3 Å². The number of rotatable bonds is 2. The number of hydrogen-bond donors (Lipinski definition) is 1. The number of fused-ring (bicyclic) bond motifs is 2. The molecule has 2 atom stereocenters. The molecule has 1 aromatic heterocycles. The molecule has 2 aliphatic rings. The summed E-state index contributed by atoms with van der Waals surface area (Å²) < 4.78 is 19.0. The van der Waals surface area contributed by atoms with E-state index in [-0.39, 0.29) is 40.9 Å². The summed E-state index contributed by atoms with van der Waals surface area (Å²) in [6.07, 6.45) is 1.97. The number of carbonyl (C=O) groups excluding carboxylic acids is 2. The van der Waals surface area contributed by atoms with Crippen LogP contribution in [0.1, 0.15) is 29.8 Å². The van der Waals surface area contributed by atoms with Crippen molar-refractivity contribution in [2.75, 3.05) is 6.54 Å². The highest BCUT2D eigenvalue weighted by Crippen LogP contribution is 2.31. The van der Waals surface area contributed by atoms with Crippen molar-refractivity contribution in [1.82, 2.24) is 15.4 Å². The zero-order chi connectivity index (χ0) is 16.7. The molecule has 0 radical (unpaired) electrons. The minimum atomic E-state index is -0.433. The van der Waals surface area contributed by atoms with Crippen LogP contribution in [0.5, 0.6) is 0 Å². The number of nitrogens with zero attached hydrogens (tertiary/aromatic N) is 2. The number of halogens is 1. The minimum absolute atomic E-state index is 0.0254. The summed E-state index contributed by atoms with van der Waals surface area (Å²) in [6, 6.07) is 7.49. The molecule has 0 spiro atoms. The normalized spacial score (nSPS) is 23.0. The number of amides is 2. The maximum atomic E-state index is 13.8. The van der Waals surface area contributed by atoms with E-state index in [9.17, 15) is 14.0 Å². The Morgan fingerprint density at radius 2 is 2.08 bits per heavy atom. The lowest BCUT2D eigenvalue weighted by molar-refractivity contribution is -0.121. The first-order chi connectivity index (χ1) is 11.6. The highest BCUT2D eigenvalue weighted by molar-refractivity contribution is 5.94. The zero-order valence-electron chi connectivity index (χ0n) is 12.9. The van der Waals surface area contributed by atoms with Crippen LogP contribution in [0.3, 0.4) is 0 Å². The van der Waals surface area contributed by atoms with E-state index in [0.29, 0.717) is 13.0 Å². The second-order valence-electron chi connectivity index (χ2n) is 6.16. The molecule has 2 aromatic rings. The van der Waals surface area contributed by atoms with Crippen molar-refractivity contribution in [2.24, 2.45) is 0 Å². The van der Waals surface area contributed by atoms with Gasteiger partial charge in [-0.25, -0.2) is 4.39 Å². The van der Waals surface area contributed by atoms with Crippen LogP contribution in [-0.2, 0) is 4.79 Å². The Kier molecular flexibility index (Phi) is 3.55. The van der Waals surface area contributed by atoms with E-state index in [0.717, 1.165) is 12.8 Å². The summed E-state index contributed by atoms with van der Waals surface area (Å²) in [5.74, 6) is -0.525. The van der Waals surface area contributed by atoms with Crippen molar-refractivity contribution >= 4 is 11.8 Å². The summed E-state index contributed by atoms with van der Waals surface area (Å²) in [6.45, 7) is 0.457. The SMILES string of the molecule is O=C1CC2CCC(CN1)N2C(=O)c1cc(-c2ccccc2F)on1. The summed E-state index contributed by atoms with van der Waals surface area (Å²) in [4.78, 5) is 26.2. The molecule has 7 heteroatoms. The van der Waals surface area contributed by atoms with E-state index in [2.05, 4.69) is 10.5 Å². The number of benzene rings is 1. The fourth-order valence-electron chi connectivity index (χ4n) is 3.51. The molecule has 0 saturated carbocycles. The summed E-state index contributed by atoms with van der Waals surface area (Å²) >= 11 is 0. The Bertz CT molecular complexity index is 804. The van der Waals surface area contributed by atoms with Gasteiger partial charge < -0.3 is 14.7 Å². The highest BCUT2D eigenvalue weighted by atomic mass is 19.1. The lowest BCUT2D eigenvalue weighted by atomic mass is 10.1. The average Bonchev–Trinajstić information content (AvgIpc) is 3.15. The van der Waals surface area contributed by atoms with Gasteiger partial charge in [0.2, 0.25) is 5.91 Å². The van der Waals surface area contributed by atoms with Gasteiger partial charge in [-0.3, -0.25) is 9.59 Å². The number of carbonyl (C=O) groups is 2. The second kappa shape index (κ2) is 5.74. The lowest BCUT2D eigenvalue weighted by Gasteiger charge is -2.26. The van der Waals surface area contributed by atoms with Crippen molar-refractivity contribution in [2.45, 2.75) is 31.3 Å². The summed E-state index contributed by atoms with van der Waals surface area (Å²) in [7, 11) is 0. The third-order valence-corrected chi connectivity index (χ3v) is 4.68. The van der Waals surface area contributed by atoms with Gasteiger partial charge >= 0.3 is 0 Å². The van der Waals surface area contributed by atoms with E-state index in [1.165, 1.54) is 12.1 Å². The Balaban J connectivity index is 1.62. The first-order valence-corrected chi connectivity index (χ1v) is 7.94. The maximum absolute atomic E-state index is 13.8. The van der Waals surface area contributed by atoms with Crippen molar-refractivity contribution in [1.29, 1.82) is 0 Å². The van der Waals surface area contributed by atoms with Gasteiger partial charge in [0.15, 0.2) is 11.5 Å². The van der Waals surface area contributed by atoms with E-state index in [4.69, 9.17) is 4.52 Å². The maximum Gasteiger partial charge on any atom is 0.276 e. The molecule has 1 N–H and O–H groups in total. The first-order valence-electron chi connectivity index (χ1n) is 7.94. The highest BCUT2D eigenvalue weighted by Gasteiger charge is 2.41. The van der Waals surface area contributed by atoms with Gasteiger partial charge in [0.05, 0.1) is 5.56 Å². The van der Waals surface area contributed by atoms with Crippen molar-refractivity contribution in [3.05, 3.63) is 41.8 Å². The molecular formula is C17H16FN3O3. The predicted octanol–water partition coefficient (Wildman–Crippen LogP) is 1.97. The van der Waals surface area contributed by atoms with Crippen molar-refractivity contribution < 1.29 is 18.5 Å². The van der Waals surface area contributed by atoms with Crippen LogP contribution < -0.4 is 5.32 Å². The molecule has 124 valence electrons. The van der Waals surface area contributed by atoms with Crippen molar-refractivity contribution in [3.8, 4) is 11.3 Å². The largest absolute Gasteiger partial charge is 0.355 e. The quantitative estimate of drug-likeness (QED) is 0.914. The molecule has 2 fully saturated rings. The van der Waals surface area contributed by atoms with Gasteiger partial charge in [-0.1, -0.05) is 17.3 Å². The molecule has 0 aliphatic carbocycles. The van der Waals surface area contributed by atoms with Gasteiger partial charge in [-0.2, -0.15) is 0 Å². The first kappa shape index (κ1) is 14.9. The summed E-state index contributed by atoms with van der Waals surface area (Å²) in [5, 5.41) is 6.64. The Morgan fingerprint density at radius 1 is 1.29 bits per heavy atom. The van der Waals surface area contributed by atoms with Gasteiger partial charge in [-0.15, -0.1) is 0 Å². The third-order valence-electron chi connectivity index (χ3n) is 4.68. The molecule has 1 aromatic carbocycles. The molecular weight excluding hydrogens is 313 g/mol. The Labute approximate surface area is 137 Å². The van der Waals surface area contributed by atoms with Crippen LogP contribution in [-0.4, -0.2) is 40.5 Å². The summed E-state index contributed by atoms with van der Waals surface area (Å²) in [5.41, 5.74) is 0.402. The molecule has 24 heavy (non-hydrogen) atoms. The standard InChI is InChI=1S/C17H16FN3O3/c18-13-4-2-1-3-12(13)15-8-14(20-24-15)17(23)21-10-5-6-11(21)9-19-16(22)7-10/h1-4,8,10-11H,5-7,9H2,(H,19,22). The topological polar surface area (TPSA) is 75.4 Å². The molecule has 4 rings (SSSR count). The molecule has 6 nitrogen and oxygen atoms in total. The monoisotopic (exact) mass is 329 g/mol. The molecule has 2 saturated heterocycles. The second-order valence-corrected chi connectivity index (χ2v) is 6.16. The third kappa shape index (κ3) is 2.46. The fourth-order valence-corrected chi connectivity index (χ4v) is 3.51. The molecule has 3 heterocycles. The van der Waals surface area contributed by atoms with Crippen LogP contribution in [0.15, 0.2) is 34.9 Å². The van der Waals surface area contributed by atoms with Crippen LogP contribution in [0.4, 0.5) is 4.39 Å². The Morgan fingerprint density at radius 3 is 2.92 bits per heavy atom. The number of hydrogen-bond acceptors (Lipinski definition) is 4. The van der Waals surface area contributed by atoms with E-state index in [1.54, 1.807) is 23.1 Å². The van der Waals surface area contributed by atoms with E-state index in [1.807, 2.05) is 0 Å². The van der Waals surface area contributed by atoms with Crippen molar-refractivity contribution in [3.63, 3.8) is 0 Å². The molecule has 2 unspecified atom stereocenters. The molecule has 2 bridgehead atoms. The lowest BCUT2D eigenvalue weighted by Crippen LogP contribution is -2.42. The Hall–Kier alpha value is -2.70. The zero-order valence-corrected chi connectivity index (χ0v) is 12.9. The predicted molar refractivity (Wildman–Crippen MR) is 82.5 cm³/mol. The van der Waals surface area contributed by atoms with E-state index >= 15 is 0 Å². The van der Waals surface area contributed by atoms with E-state index < -0.39 is 5.82 Å². The van der Waals surface area contributed by atoms with Crippen LogP contribution in [0, 0.1) is 5.82 Å². The molecule has 2 amide bonds. The average molecular weight is 329 g/mol. The fraction of sp³-hybridized carbons (Fsp3) is 0.353. The smallest absolute Gasteiger partial charge is 0.276 e. The van der Waals surface area contributed by atoms with Crippen LogP contribution in [0.2, 0.25) is 0 Å². The van der Waals surface area contributed by atoms with Gasteiger partial charge in [0, 0.05) is 31.1 Å². The van der Waals surface area contributed by atoms with Gasteiger partial charge in [0.25, 0.3) is 5.91 Å². The van der Waals surface area contributed by atoms with Crippen LogP contribution >= 0.6 is 0 Å². The number of aromatic nitrogens is 1. The number of nitrogens with one attached hydrogen (secondary N) is 1. The molecule has 2 aliphatic heterocycles. The van der Waals surface area contributed by atoms with Gasteiger partial charge in [0.1, 0.15) is 5.82 Å².